The van der Waals surface area contributed by atoms with Gasteiger partial charge in [0, 0.05) is 5.56 Å². The molecule has 1 aliphatic rings. The van der Waals surface area contributed by atoms with Gasteiger partial charge in [-0.15, -0.1) is 0 Å². The second-order valence-electron chi connectivity index (χ2n) is 6.45. The van der Waals surface area contributed by atoms with Gasteiger partial charge in [0.25, 0.3) is 0 Å². The SMILES string of the molecule is Cc1cc(F)cc(-c2noc(C3NCCCC3(C)C)n2)c1. The molecule has 21 heavy (non-hydrogen) atoms. The van der Waals surface area contributed by atoms with Crippen molar-refractivity contribution in [2.24, 2.45) is 5.41 Å². The third kappa shape index (κ3) is 2.83. The van der Waals surface area contributed by atoms with E-state index in [9.17, 15) is 4.39 Å². The van der Waals surface area contributed by atoms with Crippen LogP contribution < -0.4 is 5.32 Å². The van der Waals surface area contributed by atoms with Crippen molar-refractivity contribution in [1.29, 1.82) is 0 Å². The van der Waals surface area contributed by atoms with Crippen LogP contribution in [0.5, 0.6) is 0 Å². The van der Waals surface area contributed by atoms with Crippen LogP contribution in [0.4, 0.5) is 4.39 Å². The van der Waals surface area contributed by atoms with Gasteiger partial charge in [-0.1, -0.05) is 19.0 Å². The molecule has 2 aromatic rings. The molecule has 0 radical (unpaired) electrons. The fraction of sp³-hybridized carbons (Fsp3) is 0.500. The van der Waals surface area contributed by atoms with Crippen LogP contribution in [0.15, 0.2) is 22.7 Å². The van der Waals surface area contributed by atoms with Crippen LogP contribution in [0, 0.1) is 18.2 Å². The van der Waals surface area contributed by atoms with Gasteiger partial charge < -0.3 is 9.84 Å². The molecule has 0 spiro atoms. The molecule has 0 amide bonds. The van der Waals surface area contributed by atoms with Gasteiger partial charge in [0.05, 0.1) is 6.04 Å². The first-order valence-electron chi connectivity index (χ1n) is 7.30. The molecule has 1 aromatic carbocycles. The van der Waals surface area contributed by atoms with Crippen LogP contribution >= 0.6 is 0 Å². The third-order valence-corrected chi connectivity index (χ3v) is 4.12. The van der Waals surface area contributed by atoms with E-state index in [1.54, 1.807) is 0 Å². The number of nitrogens with zero attached hydrogens (tertiary/aromatic N) is 2. The van der Waals surface area contributed by atoms with E-state index in [1.165, 1.54) is 12.1 Å². The van der Waals surface area contributed by atoms with E-state index >= 15 is 0 Å². The molecule has 4 nitrogen and oxygen atoms in total. The first-order chi connectivity index (χ1) is 9.95. The quantitative estimate of drug-likeness (QED) is 0.917. The summed E-state index contributed by atoms with van der Waals surface area (Å²) in [4.78, 5) is 4.48. The second-order valence-corrected chi connectivity index (χ2v) is 6.45. The van der Waals surface area contributed by atoms with Crippen LogP contribution in [-0.2, 0) is 0 Å². The molecular weight excluding hydrogens is 269 g/mol. The highest BCUT2D eigenvalue weighted by Crippen LogP contribution is 2.39. The molecule has 3 rings (SSSR count). The molecule has 0 bridgehead atoms. The summed E-state index contributed by atoms with van der Waals surface area (Å²) >= 11 is 0. The topological polar surface area (TPSA) is 51.0 Å². The molecule has 2 heterocycles. The van der Waals surface area contributed by atoms with Gasteiger partial charge in [-0.3, -0.25) is 0 Å². The third-order valence-electron chi connectivity index (χ3n) is 4.12. The van der Waals surface area contributed by atoms with E-state index in [4.69, 9.17) is 4.52 Å². The summed E-state index contributed by atoms with van der Waals surface area (Å²) in [6.45, 7) is 7.18. The fourth-order valence-corrected chi connectivity index (χ4v) is 2.97. The van der Waals surface area contributed by atoms with Gasteiger partial charge in [-0.25, -0.2) is 4.39 Å². The van der Waals surface area contributed by atoms with Crippen molar-refractivity contribution in [3.8, 4) is 11.4 Å². The first kappa shape index (κ1) is 14.2. The lowest BCUT2D eigenvalue weighted by Crippen LogP contribution is -2.39. The Morgan fingerprint density at radius 2 is 2.14 bits per heavy atom. The highest BCUT2D eigenvalue weighted by molar-refractivity contribution is 5.55. The minimum atomic E-state index is -0.285. The Hall–Kier alpha value is -1.75. The smallest absolute Gasteiger partial charge is 0.244 e. The largest absolute Gasteiger partial charge is 0.337 e. The van der Waals surface area contributed by atoms with Crippen molar-refractivity contribution in [3.63, 3.8) is 0 Å². The van der Waals surface area contributed by atoms with E-state index in [2.05, 4.69) is 29.3 Å². The van der Waals surface area contributed by atoms with Crippen molar-refractivity contribution in [2.75, 3.05) is 6.54 Å². The molecule has 1 N–H and O–H groups in total. The molecule has 1 fully saturated rings. The zero-order valence-electron chi connectivity index (χ0n) is 12.6. The molecule has 1 atom stereocenters. The van der Waals surface area contributed by atoms with Crippen molar-refractivity contribution < 1.29 is 8.91 Å². The van der Waals surface area contributed by atoms with Gasteiger partial charge in [0.2, 0.25) is 11.7 Å². The average molecular weight is 289 g/mol. The molecular formula is C16H20FN3O. The monoisotopic (exact) mass is 289 g/mol. The number of nitrogens with one attached hydrogen (secondary N) is 1. The molecule has 112 valence electrons. The molecule has 1 aliphatic heterocycles. The van der Waals surface area contributed by atoms with Gasteiger partial charge >= 0.3 is 0 Å². The Bertz CT molecular complexity index is 630. The standard InChI is InChI=1S/C16H20FN3O/c1-10-7-11(9-12(17)8-10)14-19-15(21-20-14)13-16(2,3)5-4-6-18-13/h7-9,13,18H,4-6H2,1-3H3. The average Bonchev–Trinajstić information content (AvgIpc) is 2.86. The van der Waals surface area contributed by atoms with Crippen LogP contribution in [0.25, 0.3) is 11.4 Å². The minimum Gasteiger partial charge on any atom is -0.337 e. The fourth-order valence-electron chi connectivity index (χ4n) is 2.97. The Morgan fingerprint density at radius 1 is 1.33 bits per heavy atom. The summed E-state index contributed by atoms with van der Waals surface area (Å²) in [6, 6.07) is 4.82. The lowest BCUT2D eigenvalue weighted by Gasteiger charge is -2.36. The first-order valence-corrected chi connectivity index (χ1v) is 7.30. The van der Waals surface area contributed by atoms with Crippen LogP contribution in [0.3, 0.4) is 0 Å². The second kappa shape index (κ2) is 5.22. The predicted molar refractivity (Wildman–Crippen MR) is 78.2 cm³/mol. The van der Waals surface area contributed by atoms with Gasteiger partial charge in [-0.2, -0.15) is 4.98 Å². The van der Waals surface area contributed by atoms with E-state index in [1.807, 2.05) is 13.0 Å². The number of piperidine rings is 1. The molecule has 5 heteroatoms. The maximum Gasteiger partial charge on any atom is 0.244 e. The Kier molecular flexibility index (Phi) is 3.53. The van der Waals surface area contributed by atoms with Gasteiger partial charge in [0.1, 0.15) is 5.82 Å². The number of aromatic nitrogens is 2. The minimum absolute atomic E-state index is 0.0437. The highest BCUT2D eigenvalue weighted by Gasteiger charge is 2.37. The number of benzene rings is 1. The van der Waals surface area contributed by atoms with Crippen molar-refractivity contribution in [3.05, 3.63) is 35.5 Å². The van der Waals surface area contributed by atoms with E-state index in [0.717, 1.165) is 24.9 Å². The predicted octanol–water partition coefficient (Wildman–Crippen LogP) is 3.63. The summed E-state index contributed by atoms with van der Waals surface area (Å²) in [5, 5.41) is 7.46. The molecule has 1 unspecified atom stereocenters. The number of hydrogen-bond donors (Lipinski definition) is 1. The van der Waals surface area contributed by atoms with E-state index in [-0.39, 0.29) is 17.3 Å². The summed E-state index contributed by atoms with van der Waals surface area (Å²) < 4.78 is 18.9. The van der Waals surface area contributed by atoms with E-state index in [0.29, 0.717) is 17.3 Å². The Morgan fingerprint density at radius 3 is 2.86 bits per heavy atom. The number of halogens is 1. The van der Waals surface area contributed by atoms with Crippen molar-refractivity contribution in [1.82, 2.24) is 15.5 Å². The Labute approximate surface area is 123 Å². The van der Waals surface area contributed by atoms with Crippen LogP contribution in [0.2, 0.25) is 0 Å². The zero-order chi connectivity index (χ0) is 15.0. The Balaban J connectivity index is 1.92. The normalized spacial score (nSPS) is 21.4. The van der Waals surface area contributed by atoms with Gasteiger partial charge in [-0.05, 0) is 55.5 Å². The van der Waals surface area contributed by atoms with Crippen LogP contribution in [0.1, 0.15) is 44.2 Å². The van der Waals surface area contributed by atoms with Gasteiger partial charge in [0.15, 0.2) is 0 Å². The highest BCUT2D eigenvalue weighted by atomic mass is 19.1. The molecule has 0 saturated carbocycles. The van der Waals surface area contributed by atoms with E-state index < -0.39 is 0 Å². The lowest BCUT2D eigenvalue weighted by molar-refractivity contribution is 0.146. The number of rotatable bonds is 2. The van der Waals surface area contributed by atoms with Crippen molar-refractivity contribution in [2.45, 2.75) is 39.7 Å². The summed E-state index contributed by atoms with van der Waals surface area (Å²) in [6.07, 6.45) is 2.26. The molecule has 1 saturated heterocycles. The zero-order valence-corrected chi connectivity index (χ0v) is 12.6. The molecule has 0 aliphatic carbocycles. The summed E-state index contributed by atoms with van der Waals surface area (Å²) in [5.74, 6) is 0.736. The number of aryl methyl sites for hydroxylation is 1. The van der Waals surface area contributed by atoms with Crippen molar-refractivity contribution >= 4 is 0 Å². The maximum atomic E-state index is 13.5. The number of hydrogen-bond acceptors (Lipinski definition) is 4. The van der Waals surface area contributed by atoms with Crippen LogP contribution in [-0.4, -0.2) is 16.7 Å². The lowest BCUT2D eigenvalue weighted by atomic mass is 9.77. The maximum absolute atomic E-state index is 13.5. The molecule has 1 aromatic heterocycles. The summed E-state index contributed by atoms with van der Waals surface area (Å²) in [5.41, 5.74) is 1.56. The summed E-state index contributed by atoms with van der Waals surface area (Å²) in [7, 11) is 0.